The Morgan fingerprint density at radius 3 is 2.69 bits per heavy atom. The molecule has 0 spiro atoms. The van der Waals surface area contributed by atoms with Crippen molar-refractivity contribution in [3.8, 4) is 0 Å². The average molecular weight is 219 g/mol. The second-order valence-electron chi connectivity index (χ2n) is 4.29. The van der Waals surface area contributed by atoms with E-state index in [9.17, 15) is 4.79 Å². The molecule has 0 fully saturated rings. The van der Waals surface area contributed by atoms with E-state index in [1.807, 2.05) is 6.07 Å². The van der Waals surface area contributed by atoms with Gasteiger partial charge in [0.15, 0.2) is 0 Å². The minimum Gasteiger partial charge on any atom is -0.383 e. The summed E-state index contributed by atoms with van der Waals surface area (Å²) >= 11 is 0. The summed E-state index contributed by atoms with van der Waals surface area (Å²) in [6, 6.07) is 4.44. The molecule has 0 atom stereocenters. The quantitative estimate of drug-likeness (QED) is 0.741. The highest BCUT2D eigenvalue weighted by Gasteiger charge is 2.06. The molecular formula is C12H17N3O. The fraction of sp³-hybridized carbons (Fsp3) is 0.417. The summed E-state index contributed by atoms with van der Waals surface area (Å²) in [5.74, 6) is 0. The summed E-state index contributed by atoms with van der Waals surface area (Å²) < 4.78 is 0. The lowest BCUT2D eigenvalue weighted by molar-refractivity contribution is 0.899. The van der Waals surface area contributed by atoms with Crippen molar-refractivity contribution in [2.45, 2.75) is 33.2 Å². The standard InChI is InChI=1S/C12H17N3O/c1-4-8-5-9(13-7(2)3)6-10-11(8)15-12(16)14-10/h5-7,13H,4H2,1-3H3,(H2,14,15,16). The van der Waals surface area contributed by atoms with Gasteiger partial charge in [-0.05, 0) is 38.0 Å². The summed E-state index contributed by atoms with van der Waals surface area (Å²) in [6.07, 6.45) is 0.901. The topological polar surface area (TPSA) is 60.7 Å². The van der Waals surface area contributed by atoms with Crippen LogP contribution in [0.1, 0.15) is 26.3 Å². The summed E-state index contributed by atoms with van der Waals surface area (Å²) in [4.78, 5) is 16.9. The van der Waals surface area contributed by atoms with Gasteiger partial charge in [0.1, 0.15) is 0 Å². The molecule has 1 aromatic heterocycles. The van der Waals surface area contributed by atoms with Gasteiger partial charge in [-0.1, -0.05) is 6.92 Å². The third-order valence-electron chi connectivity index (χ3n) is 2.54. The van der Waals surface area contributed by atoms with Crippen LogP contribution >= 0.6 is 0 Å². The number of aromatic amines is 2. The highest BCUT2D eigenvalue weighted by molar-refractivity contribution is 5.82. The fourth-order valence-corrected chi connectivity index (χ4v) is 1.91. The molecule has 0 radical (unpaired) electrons. The third kappa shape index (κ3) is 1.96. The van der Waals surface area contributed by atoms with Crippen molar-refractivity contribution in [1.82, 2.24) is 9.97 Å². The number of imidazole rings is 1. The molecule has 16 heavy (non-hydrogen) atoms. The first-order valence-electron chi connectivity index (χ1n) is 5.61. The third-order valence-corrected chi connectivity index (χ3v) is 2.54. The number of H-pyrrole nitrogens is 2. The van der Waals surface area contributed by atoms with Gasteiger partial charge in [0, 0.05) is 11.7 Å². The predicted octanol–water partition coefficient (Wildman–Crippen LogP) is 2.24. The molecule has 0 aliphatic carbocycles. The van der Waals surface area contributed by atoms with E-state index in [0.29, 0.717) is 6.04 Å². The number of hydrogen-bond acceptors (Lipinski definition) is 2. The maximum absolute atomic E-state index is 11.3. The Morgan fingerprint density at radius 1 is 1.31 bits per heavy atom. The molecule has 0 unspecified atom stereocenters. The minimum atomic E-state index is -0.147. The highest BCUT2D eigenvalue weighted by Crippen LogP contribution is 2.21. The van der Waals surface area contributed by atoms with Crippen molar-refractivity contribution in [3.05, 3.63) is 28.2 Å². The molecule has 0 amide bonds. The summed E-state index contributed by atoms with van der Waals surface area (Å²) in [5.41, 5.74) is 3.84. The molecule has 0 aliphatic heterocycles. The SMILES string of the molecule is CCc1cc(NC(C)C)cc2[nH]c(=O)[nH]c12. The maximum atomic E-state index is 11.3. The Balaban J connectivity index is 2.58. The van der Waals surface area contributed by atoms with E-state index in [0.717, 1.165) is 28.7 Å². The molecule has 1 aromatic carbocycles. The van der Waals surface area contributed by atoms with E-state index in [4.69, 9.17) is 0 Å². The van der Waals surface area contributed by atoms with Crippen molar-refractivity contribution in [2.75, 3.05) is 5.32 Å². The van der Waals surface area contributed by atoms with Crippen LogP contribution in [-0.4, -0.2) is 16.0 Å². The van der Waals surface area contributed by atoms with Gasteiger partial charge in [-0.15, -0.1) is 0 Å². The van der Waals surface area contributed by atoms with Gasteiger partial charge in [0.05, 0.1) is 11.0 Å². The van der Waals surface area contributed by atoms with Crippen LogP contribution in [0, 0.1) is 0 Å². The monoisotopic (exact) mass is 219 g/mol. The fourth-order valence-electron chi connectivity index (χ4n) is 1.91. The lowest BCUT2D eigenvalue weighted by atomic mass is 10.1. The molecule has 0 aliphatic rings. The van der Waals surface area contributed by atoms with Gasteiger partial charge >= 0.3 is 5.69 Å². The van der Waals surface area contributed by atoms with E-state index >= 15 is 0 Å². The molecule has 4 nitrogen and oxygen atoms in total. The zero-order chi connectivity index (χ0) is 11.7. The number of hydrogen-bond donors (Lipinski definition) is 3. The smallest absolute Gasteiger partial charge is 0.323 e. The van der Waals surface area contributed by atoms with E-state index in [2.05, 4.69) is 42.1 Å². The van der Waals surface area contributed by atoms with Gasteiger partial charge < -0.3 is 15.3 Å². The minimum absolute atomic E-state index is 0.147. The molecule has 2 rings (SSSR count). The molecule has 3 N–H and O–H groups in total. The summed E-state index contributed by atoms with van der Waals surface area (Å²) in [5, 5.41) is 3.34. The van der Waals surface area contributed by atoms with Gasteiger partial charge in [-0.2, -0.15) is 0 Å². The predicted molar refractivity (Wildman–Crippen MR) is 67.1 cm³/mol. The molecule has 0 saturated carbocycles. The molecule has 0 bridgehead atoms. The van der Waals surface area contributed by atoms with Crippen LogP contribution < -0.4 is 11.0 Å². The number of fused-ring (bicyclic) bond motifs is 1. The molecule has 2 aromatic rings. The molecule has 1 heterocycles. The van der Waals surface area contributed by atoms with Crippen molar-refractivity contribution in [1.29, 1.82) is 0 Å². The van der Waals surface area contributed by atoms with Gasteiger partial charge in [0.25, 0.3) is 0 Å². The number of nitrogens with one attached hydrogen (secondary N) is 3. The van der Waals surface area contributed by atoms with Crippen LogP contribution in [0.25, 0.3) is 11.0 Å². The van der Waals surface area contributed by atoms with Crippen LogP contribution in [0.2, 0.25) is 0 Å². The first-order valence-corrected chi connectivity index (χ1v) is 5.61. The first kappa shape index (κ1) is 10.8. The maximum Gasteiger partial charge on any atom is 0.323 e. The summed E-state index contributed by atoms with van der Waals surface area (Å²) in [6.45, 7) is 6.27. The lowest BCUT2D eigenvalue weighted by Gasteiger charge is -2.11. The van der Waals surface area contributed by atoms with E-state index in [-0.39, 0.29) is 5.69 Å². The Bertz CT molecular complexity index is 551. The second-order valence-corrected chi connectivity index (χ2v) is 4.29. The number of rotatable bonds is 3. The number of benzene rings is 1. The van der Waals surface area contributed by atoms with Crippen LogP contribution in [0.15, 0.2) is 16.9 Å². The number of aromatic nitrogens is 2. The van der Waals surface area contributed by atoms with Gasteiger partial charge in [0.2, 0.25) is 0 Å². The van der Waals surface area contributed by atoms with Crippen LogP contribution in [0.3, 0.4) is 0 Å². The Hall–Kier alpha value is -1.71. The van der Waals surface area contributed by atoms with Crippen molar-refractivity contribution in [3.63, 3.8) is 0 Å². The van der Waals surface area contributed by atoms with Gasteiger partial charge in [-0.25, -0.2) is 4.79 Å². The van der Waals surface area contributed by atoms with E-state index < -0.39 is 0 Å². The lowest BCUT2D eigenvalue weighted by Crippen LogP contribution is -2.09. The van der Waals surface area contributed by atoms with Crippen LogP contribution in [0.5, 0.6) is 0 Å². The Labute approximate surface area is 94.1 Å². The second kappa shape index (κ2) is 4.04. The zero-order valence-electron chi connectivity index (χ0n) is 9.85. The first-order chi connectivity index (χ1) is 7.60. The molecule has 0 saturated heterocycles. The molecule has 4 heteroatoms. The van der Waals surface area contributed by atoms with E-state index in [1.165, 1.54) is 0 Å². The van der Waals surface area contributed by atoms with Crippen LogP contribution in [0.4, 0.5) is 5.69 Å². The van der Waals surface area contributed by atoms with Crippen molar-refractivity contribution < 1.29 is 0 Å². The number of aryl methyl sites for hydroxylation is 1. The summed E-state index contributed by atoms with van der Waals surface area (Å²) in [7, 11) is 0. The largest absolute Gasteiger partial charge is 0.383 e. The van der Waals surface area contributed by atoms with Crippen molar-refractivity contribution in [2.24, 2.45) is 0 Å². The Kier molecular flexibility index (Phi) is 2.73. The normalized spacial score (nSPS) is 11.2. The van der Waals surface area contributed by atoms with Crippen LogP contribution in [-0.2, 0) is 6.42 Å². The zero-order valence-corrected chi connectivity index (χ0v) is 9.85. The van der Waals surface area contributed by atoms with Gasteiger partial charge in [-0.3, -0.25) is 0 Å². The van der Waals surface area contributed by atoms with Crippen molar-refractivity contribution >= 4 is 16.7 Å². The highest BCUT2D eigenvalue weighted by atomic mass is 16.1. The molecular weight excluding hydrogens is 202 g/mol. The van der Waals surface area contributed by atoms with E-state index in [1.54, 1.807) is 0 Å². The average Bonchev–Trinajstić information content (AvgIpc) is 2.56. The Morgan fingerprint density at radius 2 is 2.06 bits per heavy atom. The number of anilines is 1. The molecule has 86 valence electrons.